The van der Waals surface area contributed by atoms with Gasteiger partial charge in [-0.15, -0.1) is 0 Å². The zero-order valence-electron chi connectivity index (χ0n) is 8.27. The highest BCUT2D eigenvalue weighted by molar-refractivity contribution is 7.98. The zero-order valence-corrected chi connectivity index (χ0v) is 9.08. The summed E-state index contributed by atoms with van der Waals surface area (Å²) in [6, 6.07) is 0. The first-order valence-electron chi connectivity index (χ1n) is 4.32. The van der Waals surface area contributed by atoms with Crippen LogP contribution in [0.1, 0.15) is 6.92 Å². The van der Waals surface area contributed by atoms with E-state index in [1.54, 1.807) is 11.8 Å². The SMILES string of the molecule is CSCC(C)CNCC(O)C(F)(F)F. The van der Waals surface area contributed by atoms with Crippen LogP contribution in [0.3, 0.4) is 0 Å². The van der Waals surface area contributed by atoms with Gasteiger partial charge < -0.3 is 10.4 Å². The molecule has 0 fully saturated rings. The van der Waals surface area contributed by atoms with E-state index >= 15 is 0 Å². The summed E-state index contributed by atoms with van der Waals surface area (Å²) in [6.45, 7) is 2.01. The van der Waals surface area contributed by atoms with E-state index in [9.17, 15) is 13.2 Å². The molecule has 0 saturated heterocycles. The highest BCUT2D eigenvalue weighted by Crippen LogP contribution is 2.19. The van der Waals surface area contributed by atoms with Crippen LogP contribution in [0.25, 0.3) is 0 Å². The van der Waals surface area contributed by atoms with Crippen LogP contribution < -0.4 is 5.32 Å². The van der Waals surface area contributed by atoms with Crippen LogP contribution in [0.5, 0.6) is 0 Å². The molecule has 0 aromatic heterocycles. The lowest BCUT2D eigenvalue weighted by Crippen LogP contribution is -2.39. The Bertz CT molecular complexity index is 154. The largest absolute Gasteiger partial charge is 0.415 e. The molecule has 2 atom stereocenters. The molecule has 0 heterocycles. The summed E-state index contributed by atoms with van der Waals surface area (Å²) in [4.78, 5) is 0. The van der Waals surface area contributed by atoms with Crippen LogP contribution in [0, 0.1) is 5.92 Å². The van der Waals surface area contributed by atoms with E-state index in [-0.39, 0.29) is 0 Å². The van der Waals surface area contributed by atoms with E-state index < -0.39 is 18.8 Å². The average molecular weight is 231 g/mol. The molecule has 0 aromatic rings. The Balaban J connectivity index is 3.54. The van der Waals surface area contributed by atoms with Crippen LogP contribution in [0.15, 0.2) is 0 Å². The van der Waals surface area contributed by atoms with Crippen molar-refractivity contribution in [3.8, 4) is 0 Å². The minimum absolute atomic E-state index is 0.311. The van der Waals surface area contributed by atoms with Gasteiger partial charge >= 0.3 is 6.18 Å². The van der Waals surface area contributed by atoms with Crippen LogP contribution >= 0.6 is 11.8 Å². The van der Waals surface area contributed by atoms with Gasteiger partial charge in [0.15, 0.2) is 6.10 Å². The van der Waals surface area contributed by atoms with E-state index in [1.807, 2.05) is 13.2 Å². The molecule has 0 aromatic carbocycles. The third-order valence-corrected chi connectivity index (χ3v) is 2.56. The van der Waals surface area contributed by atoms with Crippen molar-refractivity contribution in [2.24, 2.45) is 5.92 Å². The van der Waals surface area contributed by atoms with Crippen molar-refractivity contribution in [2.75, 3.05) is 25.1 Å². The topological polar surface area (TPSA) is 32.3 Å². The number of hydrogen-bond donors (Lipinski definition) is 2. The van der Waals surface area contributed by atoms with Gasteiger partial charge in [-0.1, -0.05) is 6.92 Å². The minimum Gasteiger partial charge on any atom is -0.382 e. The van der Waals surface area contributed by atoms with E-state index in [2.05, 4.69) is 5.32 Å². The molecule has 2 nitrogen and oxygen atoms in total. The molecule has 6 heteroatoms. The van der Waals surface area contributed by atoms with Gasteiger partial charge in [-0.2, -0.15) is 24.9 Å². The van der Waals surface area contributed by atoms with Gasteiger partial charge in [0.2, 0.25) is 0 Å². The first-order valence-corrected chi connectivity index (χ1v) is 5.71. The summed E-state index contributed by atoms with van der Waals surface area (Å²) in [6.07, 6.45) is -4.83. The van der Waals surface area contributed by atoms with Gasteiger partial charge in [-0.05, 0) is 24.5 Å². The predicted octanol–water partition coefficient (Wildman–Crippen LogP) is 1.50. The van der Waals surface area contributed by atoms with Crippen LogP contribution in [-0.4, -0.2) is 42.5 Å². The van der Waals surface area contributed by atoms with Crippen LogP contribution in [0.2, 0.25) is 0 Å². The van der Waals surface area contributed by atoms with Crippen LogP contribution in [0.4, 0.5) is 13.2 Å². The molecule has 0 aliphatic carbocycles. The third-order valence-electron chi connectivity index (χ3n) is 1.66. The maximum Gasteiger partial charge on any atom is 0.415 e. The van der Waals surface area contributed by atoms with Gasteiger partial charge in [0.05, 0.1) is 0 Å². The lowest BCUT2D eigenvalue weighted by molar-refractivity contribution is -0.201. The zero-order chi connectivity index (χ0) is 11.2. The fourth-order valence-corrected chi connectivity index (χ4v) is 1.61. The highest BCUT2D eigenvalue weighted by atomic mass is 32.2. The molecule has 0 spiro atoms. The quantitative estimate of drug-likeness (QED) is 0.726. The molecule has 0 rings (SSSR count). The fraction of sp³-hybridized carbons (Fsp3) is 1.00. The van der Waals surface area contributed by atoms with Crippen molar-refractivity contribution in [2.45, 2.75) is 19.2 Å². The van der Waals surface area contributed by atoms with Gasteiger partial charge in [0, 0.05) is 6.54 Å². The molecule has 0 amide bonds. The Labute approximate surface area is 86.3 Å². The summed E-state index contributed by atoms with van der Waals surface area (Å²) < 4.78 is 35.5. The lowest BCUT2D eigenvalue weighted by atomic mass is 10.2. The minimum atomic E-state index is -4.52. The summed E-state index contributed by atoms with van der Waals surface area (Å²) in [5.41, 5.74) is 0. The molecular weight excluding hydrogens is 215 g/mol. The number of hydrogen-bond acceptors (Lipinski definition) is 3. The smallest absolute Gasteiger partial charge is 0.382 e. The molecule has 0 aliphatic heterocycles. The average Bonchev–Trinajstić information content (AvgIpc) is 2.02. The van der Waals surface area contributed by atoms with Gasteiger partial charge in [0.1, 0.15) is 0 Å². The Morgan fingerprint density at radius 2 is 1.93 bits per heavy atom. The number of halogens is 3. The molecule has 0 aliphatic rings. The van der Waals surface area contributed by atoms with Gasteiger partial charge in [0.25, 0.3) is 0 Å². The Hall–Kier alpha value is 0.0600. The Morgan fingerprint density at radius 3 is 2.36 bits per heavy atom. The van der Waals surface area contributed by atoms with Crippen molar-refractivity contribution in [1.29, 1.82) is 0 Å². The molecular formula is C8H16F3NOS. The molecule has 0 saturated carbocycles. The van der Waals surface area contributed by atoms with E-state index in [0.29, 0.717) is 12.5 Å². The normalized spacial score (nSPS) is 16.7. The first-order chi connectivity index (χ1) is 6.38. The van der Waals surface area contributed by atoms with Crippen LogP contribution in [-0.2, 0) is 0 Å². The highest BCUT2D eigenvalue weighted by Gasteiger charge is 2.37. The molecule has 86 valence electrons. The number of aliphatic hydroxyl groups excluding tert-OH is 1. The molecule has 2 N–H and O–H groups in total. The second kappa shape index (κ2) is 6.53. The number of rotatable bonds is 6. The fourth-order valence-electron chi connectivity index (χ4n) is 0.926. The maximum absolute atomic E-state index is 11.8. The first kappa shape index (κ1) is 14.1. The summed E-state index contributed by atoms with van der Waals surface area (Å²) in [7, 11) is 0. The summed E-state index contributed by atoms with van der Waals surface area (Å²) in [5, 5.41) is 11.2. The summed E-state index contributed by atoms with van der Waals surface area (Å²) >= 11 is 1.65. The number of thioether (sulfide) groups is 1. The lowest BCUT2D eigenvalue weighted by Gasteiger charge is -2.16. The third kappa shape index (κ3) is 6.50. The van der Waals surface area contributed by atoms with E-state index in [0.717, 1.165) is 5.75 Å². The van der Waals surface area contributed by atoms with Gasteiger partial charge in [-0.25, -0.2) is 0 Å². The van der Waals surface area contributed by atoms with Crippen molar-refractivity contribution in [3.63, 3.8) is 0 Å². The maximum atomic E-state index is 11.8. The van der Waals surface area contributed by atoms with Gasteiger partial charge in [-0.3, -0.25) is 0 Å². The molecule has 2 unspecified atom stereocenters. The van der Waals surface area contributed by atoms with Crippen molar-refractivity contribution in [3.05, 3.63) is 0 Å². The Morgan fingerprint density at radius 1 is 1.36 bits per heavy atom. The molecule has 14 heavy (non-hydrogen) atoms. The van der Waals surface area contributed by atoms with E-state index in [4.69, 9.17) is 5.11 Å². The number of aliphatic hydroxyl groups is 1. The second-order valence-corrected chi connectivity index (χ2v) is 4.19. The Kier molecular flexibility index (Phi) is 6.55. The van der Waals surface area contributed by atoms with Crippen molar-refractivity contribution >= 4 is 11.8 Å². The monoisotopic (exact) mass is 231 g/mol. The number of alkyl halides is 3. The number of nitrogens with one attached hydrogen (secondary N) is 1. The summed E-state index contributed by atoms with van der Waals surface area (Å²) in [5.74, 6) is 1.21. The standard InChI is InChI=1S/C8H16F3NOS/c1-6(5-14-2)3-12-4-7(13)8(9,10)11/h6-7,12-13H,3-5H2,1-2H3. The van der Waals surface area contributed by atoms with Crippen molar-refractivity contribution < 1.29 is 18.3 Å². The van der Waals surface area contributed by atoms with E-state index in [1.165, 1.54) is 0 Å². The predicted molar refractivity (Wildman–Crippen MR) is 52.5 cm³/mol. The molecule has 0 radical (unpaired) electrons. The second-order valence-electron chi connectivity index (χ2n) is 3.28. The van der Waals surface area contributed by atoms with Crippen molar-refractivity contribution in [1.82, 2.24) is 5.32 Å². The molecule has 0 bridgehead atoms.